The zero-order chi connectivity index (χ0) is 20.5. The minimum Gasteiger partial charge on any atom is -0.493 e. The summed E-state index contributed by atoms with van der Waals surface area (Å²) < 4.78 is 16.6. The van der Waals surface area contributed by atoms with Crippen molar-refractivity contribution in [2.24, 2.45) is 10.9 Å². The van der Waals surface area contributed by atoms with Crippen LogP contribution in [0.1, 0.15) is 31.2 Å². The zero-order valence-corrected chi connectivity index (χ0v) is 17.2. The average Bonchev–Trinajstić information content (AvgIpc) is 2.87. The number of hydrogen-bond acceptors (Lipinski definition) is 6. The van der Waals surface area contributed by atoms with Crippen LogP contribution in [0.15, 0.2) is 41.4 Å². The zero-order valence-electron chi connectivity index (χ0n) is 17.2. The largest absolute Gasteiger partial charge is 0.493 e. The Hall–Kier alpha value is -3.02. The second-order valence-corrected chi connectivity index (χ2v) is 7.53. The van der Waals surface area contributed by atoms with E-state index in [1.807, 2.05) is 43.3 Å². The Morgan fingerprint density at radius 3 is 2.48 bits per heavy atom. The number of para-hydroxylation sites is 2. The minimum atomic E-state index is -0.218. The van der Waals surface area contributed by atoms with E-state index in [1.54, 1.807) is 21.3 Å². The smallest absolute Gasteiger partial charge is 0.203 e. The molecule has 0 bridgehead atoms. The molecule has 6 heteroatoms. The molecule has 1 N–H and O–H groups in total. The van der Waals surface area contributed by atoms with Crippen molar-refractivity contribution in [3.05, 3.63) is 42.0 Å². The molecule has 1 fully saturated rings. The van der Waals surface area contributed by atoms with Crippen LogP contribution in [0.4, 0.5) is 11.4 Å². The van der Waals surface area contributed by atoms with Crippen molar-refractivity contribution in [1.29, 1.82) is 0 Å². The van der Waals surface area contributed by atoms with Crippen molar-refractivity contribution in [2.45, 2.75) is 31.7 Å². The summed E-state index contributed by atoms with van der Waals surface area (Å²) in [5, 5.41) is 3.58. The second kappa shape index (κ2) is 7.78. The SMILES string of the molecule is COc1ccc([C@H]2CC(=O)[C@@H]3C(C)=Nc4ccccc4N[C@@H]3C2)c(OC)c1OC. The lowest BCUT2D eigenvalue weighted by Gasteiger charge is -2.36. The number of Topliss-reactive ketones (excluding diaryl/α,β-unsaturated/α-hetero) is 1. The number of nitrogens with zero attached hydrogens (tertiary/aromatic N) is 1. The molecular weight excluding hydrogens is 368 g/mol. The lowest BCUT2D eigenvalue weighted by Crippen LogP contribution is -2.43. The lowest BCUT2D eigenvalue weighted by molar-refractivity contribution is -0.123. The van der Waals surface area contributed by atoms with Gasteiger partial charge in [0, 0.05) is 23.7 Å². The van der Waals surface area contributed by atoms with Crippen molar-refractivity contribution < 1.29 is 19.0 Å². The van der Waals surface area contributed by atoms with E-state index in [4.69, 9.17) is 19.2 Å². The van der Waals surface area contributed by atoms with Crippen molar-refractivity contribution in [2.75, 3.05) is 26.6 Å². The van der Waals surface area contributed by atoms with Crippen LogP contribution >= 0.6 is 0 Å². The first-order valence-corrected chi connectivity index (χ1v) is 9.79. The summed E-state index contributed by atoms with van der Waals surface area (Å²) >= 11 is 0. The van der Waals surface area contributed by atoms with Crippen molar-refractivity contribution in [3.63, 3.8) is 0 Å². The number of carbonyl (C=O) groups excluding carboxylic acids is 1. The number of ketones is 1. The van der Waals surface area contributed by atoms with Gasteiger partial charge in [-0.2, -0.15) is 0 Å². The Labute approximate surface area is 170 Å². The van der Waals surface area contributed by atoms with E-state index in [9.17, 15) is 4.79 Å². The minimum absolute atomic E-state index is 0.0177. The third-order valence-electron chi connectivity index (χ3n) is 5.90. The number of methoxy groups -OCH3 is 3. The second-order valence-electron chi connectivity index (χ2n) is 7.53. The Balaban J connectivity index is 1.72. The van der Waals surface area contributed by atoms with Gasteiger partial charge < -0.3 is 19.5 Å². The van der Waals surface area contributed by atoms with Gasteiger partial charge in [0.25, 0.3) is 0 Å². The van der Waals surface area contributed by atoms with Gasteiger partial charge in [-0.25, -0.2) is 0 Å². The van der Waals surface area contributed by atoms with Crippen LogP contribution in [-0.2, 0) is 4.79 Å². The fraction of sp³-hybridized carbons (Fsp3) is 0.391. The number of carbonyl (C=O) groups is 1. The van der Waals surface area contributed by atoms with E-state index in [0.29, 0.717) is 23.7 Å². The van der Waals surface area contributed by atoms with Gasteiger partial charge in [-0.1, -0.05) is 18.2 Å². The standard InChI is InChI=1S/C23H26N2O4/c1-13-21-18(25-17-8-6-5-7-16(17)24-13)11-14(12-19(21)26)15-9-10-20(27-2)23(29-4)22(15)28-3/h5-10,14,18,21,25H,11-12H2,1-4H3/t14-,18-,21-/m1/s1. The first-order valence-electron chi connectivity index (χ1n) is 9.79. The number of anilines is 1. The van der Waals surface area contributed by atoms with Crippen molar-refractivity contribution in [1.82, 2.24) is 0 Å². The summed E-state index contributed by atoms with van der Waals surface area (Å²) in [5.74, 6) is 1.79. The molecule has 0 radical (unpaired) electrons. The fourth-order valence-electron chi connectivity index (χ4n) is 4.62. The number of fused-ring (bicyclic) bond motifs is 2. The van der Waals surface area contributed by atoms with Gasteiger partial charge in [-0.15, -0.1) is 0 Å². The van der Waals surface area contributed by atoms with Crippen LogP contribution in [0.3, 0.4) is 0 Å². The van der Waals surface area contributed by atoms with E-state index in [-0.39, 0.29) is 23.7 Å². The monoisotopic (exact) mass is 394 g/mol. The molecule has 2 aromatic carbocycles. The molecule has 6 nitrogen and oxygen atoms in total. The Morgan fingerprint density at radius 2 is 1.76 bits per heavy atom. The number of aliphatic imine (C=N–C) groups is 1. The van der Waals surface area contributed by atoms with Crippen LogP contribution in [0.5, 0.6) is 17.2 Å². The van der Waals surface area contributed by atoms with Gasteiger partial charge in [0.05, 0.1) is 38.6 Å². The maximum Gasteiger partial charge on any atom is 0.203 e. The molecule has 1 aliphatic carbocycles. The average molecular weight is 394 g/mol. The van der Waals surface area contributed by atoms with Gasteiger partial charge in [0.15, 0.2) is 11.5 Å². The highest BCUT2D eigenvalue weighted by atomic mass is 16.5. The van der Waals surface area contributed by atoms with Gasteiger partial charge in [0.2, 0.25) is 5.75 Å². The molecule has 2 aromatic rings. The van der Waals surface area contributed by atoms with Crippen LogP contribution in [0.2, 0.25) is 0 Å². The van der Waals surface area contributed by atoms with E-state index in [2.05, 4.69) is 5.32 Å². The molecule has 152 valence electrons. The molecule has 4 rings (SSSR count). The summed E-state index contributed by atoms with van der Waals surface area (Å²) in [4.78, 5) is 17.9. The number of rotatable bonds is 4. The topological polar surface area (TPSA) is 69.2 Å². The molecule has 1 aliphatic heterocycles. The maximum absolute atomic E-state index is 13.2. The van der Waals surface area contributed by atoms with Gasteiger partial charge in [0.1, 0.15) is 5.78 Å². The van der Waals surface area contributed by atoms with Crippen LogP contribution in [0, 0.1) is 5.92 Å². The first-order chi connectivity index (χ1) is 14.1. The summed E-state index contributed by atoms with van der Waals surface area (Å²) in [7, 11) is 4.81. The van der Waals surface area contributed by atoms with Crippen LogP contribution in [0.25, 0.3) is 0 Å². The molecule has 2 aliphatic rings. The summed E-state index contributed by atoms with van der Waals surface area (Å²) in [5.41, 5.74) is 3.68. The van der Waals surface area contributed by atoms with E-state index in [0.717, 1.165) is 29.1 Å². The van der Waals surface area contributed by atoms with Gasteiger partial charge in [-0.3, -0.25) is 9.79 Å². The molecule has 3 atom stereocenters. The molecular formula is C23H26N2O4. The third kappa shape index (κ3) is 3.33. The maximum atomic E-state index is 13.2. The van der Waals surface area contributed by atoms with Gasteiger partial charge in [-0.05, 0) is 37.5 Å². The predicted molar refractivity (Wildman–Crippen MR) is 113 cm³/mol. The number of nitrogens with one attached hydrogen (secondary N) is 1. The fourth-order valence-corrected chi connectivity index (χ4v) is 4.62. The molecule has 0 amide bonds. The summed E-state index contributed by atoms with van der Waals surface area (Å²) in [6.07, 6.45) is 1.24. The third-order valence-corrected chi connectivity index (χ3v) is 5.90. The van der Waals surface area contributed by atoms with E-state index in [1.165, 1.54) is 0 Å². The molecule has 0 unspecified atom stereocenters. The van der Waals surface area contributed by atoms with E-state index >= 15 is 0 Å². The number of ether oxygens (including phenoxy) is 3. The van der Waals surface area contributed by atoms with Gasteiger partial charge >= 0.3 is 0 Å². The predicted octanol–water partition coefficient (Wildman–Crippen LogP) is 4.36. The molecule has 0 saturated heterocycles. The highest BCUT2D eigenvalue weighted by Crippen LogP contribution is 2.47. The van der Waals surface area contributed by atoms with Crippen molar-refractivity contribution in [3.8, 4) is 17.2 Å². The van der Waals surface area contributed by atoms with Crippen LogP contribution in [-0.4, -0.2) is 38.9 Å². The van der Waals surface area contributed by atoms with Crippen molar-refractivity contribution >= 4 is 22.9 Å². The number of hydrogen-bond donors (Lipinski definition) is 1. The Morgan fingerprint density at radius 1 is 1.00 bits per heavy atom. The molecule has 0 aromatic heterocycles. The quantitative estimate of drug-likeness (QED) is 0.834. The number of benzene rings is 2. The normalized spacial score (nSPS) is 23.1. The molecule has 1 heterocycles. The molecule has 0 spiro atoms. The lowest BCUT2D eigenvalue weighted by atomic mass is 9.73. The van der Waals surface area contributed by atoms with Crippen LogP contribution < -0.4 is 19.5 Å². The highest BCUT2D eigenvalue weighted by molar-refractivity contribution is 6.08. The summed E-state index contributed by atoms with van der Waals surface area (Å²) in [6.45, 7) is 1.96. The Bertz CT molecular complexity index is 969. The molecule has 1 saturated carbocycles. The Kier molecular flexibility index (Phi) is 5.18. The first kappa shape index (κ1) is 19.3. The van der Waals surface area contributed by atoms with E-state index < -0.39 is 0 Å². The highest BCUT2D eigenvalue weighted by Gasteiger charge is 2.41. The molecule has 29 heavy (non-hydrogen) atoms. The summed E-state index contributed by atoms with van der Waals surface area (Å²) in [6, 6.07) is 11.8.